The molecule has 0 aliphatic heterocycles. The summed E-state index contributed by atoms with van der Waals surface area (Å²) in [6, 6.07) is 43.4. The van der Waals surface area contributed by atoms with Crippen molar-refractivity contribution < 1.29 is 35.7 Å². The fourth-order valence-electron chi connectivity index (χ4n) is 11.9. The molecule has 64 heavy (non-hydrogen) atoms. The first-order valence-electron chi connectivity index (χ1n) is 21.2. The van der Waals surface area contributed by atoms with Crippen LogP contribution in [0.2, 0.25) is 0 Å². The molecule has 0 saturated carbocycles. The number of benzene rings is 8. The minimum absolute atomic E-state index is 0.0464. The quantitative estimate of drug-likeness (QED) is 0.0529. The fraction of sp³-hybridized carbons (Fsp3) is 0.127. The molecule has 8 aromatic rings. The van der Waals surface area contributed by atoms with Crippen LogP contribution in [0.5, 0.6) is 40.2 Å². The molecule has 1 atom stereocenters. The third-order valence-electron chi connectivity index (χ3n) is 14.8. The second-order valence-corrected chi connectivity index (χ2v) is 18.5. The van der Waals surface area contributed by atoms with Crippen LogP contribution in [-0.4, -0.2) is 43.6 Å². The highest BCUT2D eigenvalue weighted by Crippen LogP contribution is 2.73. The topological polar surface area (TPSA) is 145 Å². The van der Waals surface area contributed by atoms with Gasteiger partial charge in [-0.05, 0) is 97.0 Å². The van der Waals surface area contributed by atoms with Crippen LogP contribution in [0.15, 0.2) is 127 Å². The van der Waals surface area contributed by atoms with Gasteiger partial charge in [0.1, 0.15) is 13.6 Å². The van der Waals surface area contributed by atoms with Crippen LogP contribution in [0, 0.1) is 0 Å². The van der Waals surface area contributed by atoms with Crippen LogP contribution < -0.4 is 10.4 Å². The van der Waals surface area contributed by atoms with Gasteiger partial charge in [0.2, 0.25) is 11.5 Å². The summed E-state index contributed by atoms with van der Waals surface area (Å²) in [6.07, 6.45) is 0. The van der Waals surface area contributed by atoms with Crippen molar-refractivity contribution in [3.05, 3.63) is 172 Å². The van der Waals surface area contributed by atoms with Gasteiger partial charge in [-0.1, -0.05) is 125 Å². The number of hydrogen-bond acceptors (Lipinski definition) is 8. The van der Waals surface area contributed by atoms with Crippen LogP contribution in [0.1, 0.15) is 72.2 Å². The lowest BCUT2D eigenvalue weighted by atomic mass is 9.68. The average Bonchev–Trinajstić information content (AvgIpc) is 3.94. The fourth-order valence-corrected chi connectivity index (χ4v) is 11.9. The Hall–Kier alpha value is -7.78. The van der Waals surface area contributed by atoms with Gasteiger partial charge < -0.3 is 40.6 Å². The van der Waals surface area contributed by atoms with Crippen molar-refractivity contribution in [1.29, 1.82) is 0 Å². The molecular formula is C55H40BNO7. The second-order valence-electron chi connectivity index (χ2n) is 18.5. The van der Waals surface area contributed by atoms with E-state index in [-0.39, 0.29) is 33.1 Å². The lowest BCUT2D eigenvalue weighted by Crippen LogP contribution is -2.28. The summed E-state index contributed by atoms with van der Waals surface area (Å²) in [5.41, 5.74) is 10.8. The Balaban J connectivity index is 1.20. The molecule has 7 N–H and O–H groups in total. The van der Waals surface area contributed by atoms with E-state index in [0.717, 1.165) is 28.2 Å². The summed E-state index contributed by atoms with van der Waals surface area (Å²) in [6.45, 7) is 8.99. The standard InChI is InChI=1S/C55H40BNO7/c1-53(2)33-15-8-5-12-28(33)30-22-20-26(24-37(30)53)57(27-21-23-31-29-13-6-9-16-34(29)54(3,4)38(31)25-27)39-19-11-18-36-40(39)32-14-7-10-17-35(32)55(36)43-41(46(58)50(62)45(56)48(43)60)42-44(55)49(61)52(64)51(63)47(42)59/h5-25,58-64H,1-4H3. The Bertz CT molecular complexity index is 3280. The summed E-state index contributed by atoms with van der Waals surface area (Å²) >= 11 is 0. The van der Waals surface area contributed by atoms with Gasteiger partial charge in [-0.25, -0.2) is 0 Å². The highest BCUT2D eigenvalue weighted by Gasteiger charge is 2.59. The van der Waals surface area contributed by atoms with Crippen LogP contribution in [0.4, 0.5) is 17.1 Å². The second kappa shape index (κ2) is 12.2. The third-order valence-corrected chi connectivity index (χ3v) is 14.8. The Morgan fingerprint density at radius 3 is 1.38 bits per heavy atom. The molecule has 0 amide bonds. The van der Waals surface area contributed by atoms with Gasteiger partial charge in [-0.15, -0.1) is 0 Å². The minimum Gasteiger partial charge on any atom is -0.508 e. The maximum atomic E-state index is 12.2. The number of phenols is 7. The molecule has 12 rings (SSSR count). The Kier molecular flexibility index (Phi) is 7.25. The van der Waals surface area contributed by atoms with E-state index >= 15 is 0 Å². The van der Waals surface area contributed by atoms with Gasteiger partial charge >= 0.3 is 0 Å². The molecule has 1 spiro atoms. The smallest absolute Gasteiger partial charge is 0.204 e. The minimum atomic E-state index is -1.77. The molecule has 310 valence electrons. The van der Waals surface area contributed by atoms with Gasteiger partial charge in [0.05, 0.1) is 11.1 Å². The first-order valence-corrected chi connectivity index (χ1v) is 21.2. The van der Waals surface area contributed by atoms with Crippen molar-refractivity contribution in [2.24, 2.45) is 0 Å². The molecule has 0 heterocycles. The van der Waals surface area contributed by atoms with Crippen LogP contribution in [0.25, 0.3) is 44.5 Å². The first kappa shape index (κ1) is 37.9. The highest BCUT2D eigenvalue weighted by molar-refractivity contribution is 6.37. The number of aromatic hydroxyl groups is 7. The summed E-state index contributed by atoms with van der Waals surface area (Å²) in [7, 11) is 6.35. The van der Waals surface area contributed by atoms with Crippen molar-refractivity contribution in [3.63, 3.8) is 0 Å². The van der Waals surface area contributed by atoms with E-state index in [1.807, 2.05) is 36.4 Å². The number of fused-ring (bicyclic) bond motifs is 16. The SMILES string of the molecule is [B]c1c(O)c(O)c2c(c1O)C1(c3ccccc3-c3c(N(c4ccc5c(c4)C(C)(C)c4ccccc4-5)c4ccc5c(c4)C(C)(C)c4ccccc4-5)cccc31)c1c(O)c(O)c(O)c(O)c1-2. The lowest BCUT2D eigenvalue weighted by Gasteiger charge is -2.33. The molecule has 0 saturated heterocycles. The van der Waals surface area contributed by atoms with Crippen molar-refractivity contribution in [3.8, 4) is 84.8 Å². The number of hydrogen-bond donors (Lipinski definition) is 7. The average molecular weight is 838 g/mol. The molecule has 0 bridgehead atoms. The Labute approximate surface area is 370 Å². The number of phenolic OH excluding ortho intramolecular Hbond substituents is 7. The molecule has 8 aromatic carbocycles. The zero-order valence-corrected chi connectivity index (χ0v) is 35.3. The first-order chi connectivity index (χ1) is 30.6. The van der Waals surface area contributed by atoms with E-state index in [1.165, 1.54) is 33.4 Å². The Morgan fingerprint density at radius 2 is 0.812 bits per heavy atom. The normalized spacial score (nSPS) is 16.9. The molecule has 1 unspecified atom stereocenters. The predicted molar refractivity (Wildman–Crippen MR) is 250 cm³/mol. The van der Waals surface area contributed by atoms with Gasteiger partial charge in [0, 0.05) is 50.0 Å². The van der Waals surface area contributed by atoms with Crippen LogP contribution in [-0.2, 0) is 16.2 Å². The zero-order valence-electron chi connectivity index (χ0n) is 35.3. The van der Waals surface area contributed by atoms with Crippen molar-refractivity contribution >= 4 is 30.4 Å². The molecule has 4 aliphatic rings. The lowest BCUT2D eigenvalue weighted by molar-refractivity contribution is 0.343. The summed E-state index contributed by atoms with van der Waals surface area (Å²) in [4.78, 5) is 2.23. The van der Waals surface area contributed by atoms with Crippen molar-refractivity contribution in [2.45, 2.75) is 43.9 Å². The van der Waals surface area contributed by atoms with Crippen molar-refractivity contribution in [2.75, 3.05) is 4.90 Å². The monoisotopic (exact) mass is 837 g/mol. The molecule has 2 radical (unpaired) electrons. The van der Waals surface area contributed by atoms with E-state index in [9.17, 15) is 35.7 Å². The molecule has 8 nitrogen and oxygen atoms in total. The summed E-state index contributed by atoms with van der Waals surface area (Å²) in [5.74, 6) is -5.92. The molecule has 0 aromatic heterocycles. The highest BCUT2D eigenvalue weighted by atomic mass is 16.3. The van der Waals surface area contributed by atoms with Crippen molar-refractivity contribution in [1.82, 2.24) is 0 Å². The zero-order chi connectivity index (χ0) is 44.5. The van der Waals surface area contributed by atoms with E-state index in [1.54, 1.807) is 6.07 Å². The van der Waals surface area contributed by atoms with E-state index in [0.29, 0.717) is 22.3 Å². The number of rotatable bonds is 3. The number of nitrogens with zero attached hydrogens (tertiary/aromatic N) is 1. The molecule has 0 fully saturated rings. The van der Waals surface area contributed by atoms with E-state index in [4.69, 9.17) is 7.85 Å². The number of anilines is 3. The van der Waals surface area contributed by atoms with Gasteiger partial charge in [0.25, 0.3) is 0 Å². The van der Waals surface area contributed by atoms with E-state index in [2.05, 4.69) is 118 Å². The van der Waals surface area contributed by atoms with Crippen LogP contribution in [0.3, 0.4) is 0 Å². The summed E-state index contributed by atoms with van der Waals surface area (Å²) < 4.78 is 0. The van der Waals surface area contributed by atoms with E-state index < -0.39 is 51.1 Å². The van der Waals surface area contributed by atoms with Crippen LogP contribution >= 0.6 is 0 Å². The largest absolute Gasteiger partial charge is 0.508 e. The summed E-state index contributed by atoms with van der Waals surface area (Å²) in [5, 5.41) is 80.9. The maximum Gasteiger partial charge on any atom is 0.204 e. The third kappa shape index (κ3) is 4.29. The molecule has 9 heteroatoms. The van der Waals surface area contributed by atoms with Gasteiger partial charge in [-0.2, -0.15) is 0 Å². The molecular weight excluding hydrogens is 797 g/mol. The van der Waals surface area contributed by atoms with Gasteiger partial charge in [0.15, 0.2) is 23.0 Å². The van der Waals surface area contributed by atoms with Gasteiger partial charge in [-0.3, -0.25) is 0 Å². The molecule has 4 aliphatic carbocycles. The predicted octanol–water partition coefficient (Wildman–Crippen LogP) is 10.8. The Morgan fingerprint density at radius 1 is 0.375 bits per heavy atom. The maximum absolute atomic E-state index is 12.2.